The maximum atomic E-state index is 0. The van der Waals surface area contributed by atoms with Crippen LogP contribution in [0.5, 0.6) is 0 Å². The van der Waals surface area contributed by atoms with Gasteiger partial charge in [-0.1, -0.05) is 0 Å². The van der Waals surface area contributed by atoms with Crippen molar-refractivity contribution in [3.63, 3.8) is 0 Å². The summed E-state index contributed by atoms with van der Waals surface area (Å²) in [6, 6.07) is 0. The molecule has 0 aromatic rings. The van der Waals surface area contributed by atoms with E-state index in [9.17, 15) is 0 Å². The van der Waals surface area contributed by atoms with Crippen molar-refractivity contribution < 1.29 is 27.2 Å². The molecule has 0 amide bonds. The molecule has 2 N–H and O–H groups in total. The van der Waals surface area contributed by atoms with Gasteiger partial charge in [-0.3, -0.25) is 0 Å². The smallest absolute Gasteiger partial charge is 0 e. The fourth-order valence-electron chi connectivity index (χ4n) is 0. The minimum absolute atomic E-state index is 0. The summed E-state index contributed by atoms with van der Waals surface area (Å²) in [7, 11) is 0. The van der Waals surface area contributed by atoms with Gasteiger partial charge in [0.15, 0.2) is 0 Å². The maximum Gasteiger partial charge on any atom is 0 e. The molecule has 1 nitrogen and oxygen atoms in total. The number of rotatable bonds is 0. The predicted octanol–water partition coefficient (Wildman–Crippen LogP) is 0.0164. The van der Waals surface area contributed by atoms with E-state index < -0.39 is 0 Å². The molecule has 4 heavy (non-hydrogen) atoms. The Hall–Kier alpha value is 1.25. The van der Waals surface area contributed by atoms with Crippen LogP contribution in [0.3, 0.4) is 0 Å². The summed E-state index contributed by atoms with van der Waals surface area (Å²) in [5.41, 5.74) is 0. The van der Waals surface area contributed by atoms with E-state index in [0.717, 1.165) is 0 Å². The molecule has 0 fully saturated rings. The van der Waals surface area contributed by atoms with Crippen molar-refractivity contribution in [3.05, 3.63) is 0 Å². The molecule has 0 bridgehead atoms. The van der Waals surface area contributed by atoms with Crippen LogP contribution < -0.4 is 0 Å². The van der Waals surface area contributed by atoms with Gasteiger partial charge in [0.05, 0.1) is 0 Å². The van der Waals surface area contributed by atoms with Gasteiger partial charge >= 0.3 is 0 Å². The molecule has 0 atom stereocenters. The second-order valence-corrected chi connectivity index (χ2v) is 0. The first-order valence-corrected chi connectivity index (χ1v) is 0. The third-order valence-electron chi connectivity index (χ3n) is 0. The fourth-order valence-corrected chi connectivity index (χ4v) is 0. The molecule has 0 radical (unpaired) electrons. The van der Waals surface area contributed by atoms with Crippen LogP contribution in [0.2, 0.25) is 0 Å². The minimum Gasteiger partial charge on any atom is -0.412 e. The van der Waals surface area contributed by atoms with Gasteiger partial charge in [-0.05, 0) is 0 Å². The summed E-state index contributed by atoms with van der Waals surface area (Å²) in [5, 5.41) is 0. The molecule has 4 heteroatoms. The molecule has 0 aliphatic rings. The summed E-state index contributed by atoms with van der Waals surface area (Å²) < 4.78 is 0. The summed E-state index contributed by atoms with van der Waals surface area (Å²) >= 11 is 0. The molecule has 0 saturated carbocycles. The van der Waals surface area contributed by atoms with E-state index in [-0.39, 0.29) is 52.0 Å². The minimum atomic E-state index is 0. The quantitative estimate of drug-likeness (QED) is 0.423. The first-order valence-electron chi connectivity index (χ1n) is 0. The Morgan fingerprint density at radius 2 is 0.750 bits per heavy atom. The molecule has 0 aliphatic carbocycles. The fraction of sp³-hybridized carbons (Fsp3) is 0. The van der Waals surface area contributed by atoms with Crippen LogP contribution in [0.1, 0.15) is 0 Å². The third kappa shape index (κ3) is 10.5. The van der Waals surface area contributed by atoms with Crippen LogP contribution in [-0.2, 0) is 21.7 Å². The normalized spacial score (nSPS) is 0. The second kappa shape index (κ2) is 28.6. The van der Waals surface area contributed by atoms with E-state index in [1.807, 2.05) is 0 Å². The van der Waals surface area contributed by atoms with Crippen LogP contribution >= 0.6 is 24.8 Å². The molecule has 0 saturated heterocycles. The SMILES string of the molecule is Cl.Cl.O.[Ti]. The molecule has 0 rings (SSSR count). The molecule has 0 aromatic carbocycles. The van der Waals surface area contributed by atoms with Crippen LogP contribution in [0.15, 0.2) is 0 Å². The maximum absolute atomic E-state index is 0. The van der Waals surface area contributed by atoms with Gasteiger partial charge in [-0.15, -0.1) is 24.8 Å². The first-order chi connectivity index (χ1) is 0. The Bertz CT molecular complexity index is 6.00. The zero-order chi connectivity index (χ0) is 0. The first kappa shape index (κ1) is 60.4. The molecule has 0 aliphatic heterocycles. The van der Waals surface area contributed by atoms with Gasteiger partial charge in [-0.25, -0.2) is 0 Å². The second-order valence-electron chi connectivity index (χ2n) is 0. The van der Waals surface area contributed by atoms with Gasteiger partial charge in [0.2, 0.25) is 0 Å². The molecule has 0 aromatic heterocycles. The summed E-state index contributed by atoms with van der Waals surface area (Å²) in [6.07, 6.45) is 0. The largest absolute Gasteiger partial charge is 0.412 e. The standard InChI is InChI=1S/2ClH.H2O.Ti/h2*1H;1H2;. The van der Waals surface area contributed by atoms with Gasteiger partial charge in [0.25, 0.3) is 0 Å². The van der Waals surface area contributed by atoms with E-state index in [1.54, 1.807) is 0 Å². The monoisotopic (exact) mass is 138 g/mol. The van der Waals surface area contributed by atoms with E-state index in [1.165, 1.54) is 0 Å². The van der Waals surface area contributed by atoms with Crippen molar-refractivity contribution in [3.8, 4) is 0 Å². The van der Waals surface area contributed by atoms with Crippen LogP contribution in [0, 0.1) is 0 Å². The third-order valence-corrected chi connectivity index (χ3v) is 0. The Morgan fingerprint density at radius 3 is 0.750 bits per heavy atom. The Kier molecular flexibility index (Phi) is 433. The molecule has 0 heterocycles. The Balaban J connectivity index is 0. The van der Waals surface area contributed by atoms with Crippen molar-refractivity contribution in [2.45, 2.75) is 0 Å². The summed E-state index contributed by atoms with van der Waals surface area (Å²) in [4.78, 5) is 0. The topological polar surface area (TPSA) is 31.5 Å². The summed E-state index contributed by atoms with van der Waals surface area (Å²) in [5.74, 6) is 0. The van der Waals surface area contributed by atoms with Crippen molar-refractivity contribution in [1.82, 2.24) is 0 Å². The molecular formula is H4Cl2OTi. The number of hydrogen-bond acceptors (Lipinski definition) is 0. The van der Waals surface area contributed by atoms with Gasteiger partial charge in [0, 0.05) is 21.7 Å². The summed E-state index contributed by atoms with van der Waals surface area (Å²) in [6.45, 7) is 0. The van der Waals surface area contributed by atoms with Crippen LogP contribution in [0.25, 0.3) is 0 Å². The van der Waals surface area contributed by atoms with Crippen molar-refractivity contribution in [2.24, 2.45) is 0 Å². The van der Waals surface area contributed by atoms with E-state index in [0.29, 0.717) is 0 Å². The molecule has 0 unspecified atom stereocenters. The van der Waals surface area contributed by atoms with Crippen LogP contribution in [0.4, 0.5) is 0 Å². The zero-order valence-corrected chi connectivity index (χ0v) is 5.01. The van der Waals surface area contributed by atoms with Gasteiger partial charge in [0.1, 0.15) is 0 Å². The molecule has 0 spiro atoms. The van der Waals surface area contributed by atoms with Crippen LogP contribution in [-0.4, -0.2) is 5.48 Å². The predicted molar refractivity (Wildman–Crippen MR) is 18.1 cm³/mol. The average Bonchev–Trinajstić information content (AvgIpc) is 0. The number of hydrogen-bond donors (Lipinski definition) is 0. The Labute approximate surface area is 52.2 Å². The average molecular weight is 139 g/mol. The van der Waals surface area contributed by atoms with E-state index in [2.05, 4.69) is 0 Å². The Morgan fingerprint density at radius 1 is 0.750 bits per heavy atom. The van der Waals surface area contributed by atoms with Crippen molar-refractivity contribution in [2.75, 3.05) is 0 Å². The van der Waals surface area contributed by atoms with Crippen molar-refractivity contribution >= 4 is 24.8 Å². The zero-order valence-electron chi connectivity index (χ0n) is 1.82. The van der Waals surface area contributed by atoms with Gasteiger partial charge < -0.3 is 5.48 Å². The molecular weight excluding hydrogens is 135 g/mol. The van der Waals surface area contributed by atoms with E-state index in [4.69, 9.17) is 0 Å². The molecule has 28 valence electrons. The van der Waals surface area contributed by atoms with E-state index >= 15 is 0 Å². The number of halogens is 2. The van der Waals surface area contributed by atoms with Crippen molar-refractivity contribution in [1.29, 1.82) is 0 Å². The van der Waals surface area contributed by atoms with Gasteiger partial charge in [-0.2, -0.15) is 0 Å².